The molecule has 0 radical (unpaired) electrons. The van der Waals surface area contributed by atoms with Crippen LogP contribution in [0.1, 0.15) is 17.0 Å². The normalized spacial score (nSPS) is 11.8. The van der Waals surface area contributed by atoms with Crippen LogP contribution in [-0.4, -0.2) is 18.5 Å². The maximum Gasteiger partial charge on any atom is 0.300 e. The van der Waals surface area contributed by atoms with Gasteiger partial charge < -0.3 is 4.52 Å². The van der Waals surface area contributed by atoms with Gasteiger partial charge in [-0.15, -0.1) is 11.3 Å². The quantitative estimate of drug-likeness (QED) is 0.653. The standard InChI is InChI=1S/C10H10ClN3O5S2/c1-5-7(6(2)19-13-5)4-12-21(17,18)9-3-8(14(15)16)10(11)20-9/h3,12H,4H2,1-2H3. The van der Waals surface area contributed by atoms with Crippen molar-refractivity contribution in [3.63, 3.8) is 0 Å². The minimum absolute atomic E-state index is 0.0210. The Morgan fingerprint density at radius 1 is 1.52 bits per heavy atom. The summed E-state index contributed by atoms with van der Waals surface area (Å²) >= 11 is 6.29. The first-order chi connectivity index (χ1) is 9.72. The van der Waals surface area contributed by atoms with Gasteiger partial charge in [0.1, 0.15) is 9.97 Å². The number of sulfonamides is 1. The molecule has 114 valence electrons. The highest BCUT2D eigenvalue weighted by Gasteiger charge is 2.25. The van der Waals surface area contributed by atoms with E-state index in [-0.39, 0.29) is 15.1 Å². The van der Waals surface area contributed by atoms with Crippen LogP contribution in [0.3, 0.4) is 0 Å². The summed E-state index contributed by atoms with van der Waals surface area (Å²) in [5.41, 5.74) is 0.764. The molecule has 0 unspecified atom stereocenters. The number of nitro groups is 1. The van der Waals surface area contributed by atoms with E-state index in [4.69, 9.17) is 16.1 Å². The van der Waals surface area contributed by atoms with Gasteiger partial charge in [0, 0.05) is 18.2 Å². The molecule has 21 heavy (non-hydrogen) atoms. The highest BCUT2D eigenvalue weighted by Crippen LogP contribution is 2.36. The Bertz CT molecular complexity index is 776. The number of aryl methyl sites for hydroxylation is 2. The second-order valence-electron chi connectivity index (χ2n) is 4.11. The number of thiophene rings is 1. The Balaban J connectivity index is 2.23. The summed E-state index contributed by atoms with van der Waals surface area (Å²) in [6.07, 6.45) is 0. The third-order valence-electron chi connectivity index (χ3n) is 2.73. The van der Waals surface area contributed by atoms with Crippen LogP contribution in [0.5, 0.6) is 0 Å². The lowest BCUT2D eigenvalue weighted by Gasteiger charge is -2.03. The first-order valence-corrected chi connectivity index (χ1v) is 8.25. The zero-order chi connectivity index (χ0) is 15.8. The van der Waals surface area contributed by atoms with Crippen molar-refractivity contribution in [2.24, 2.45) is 0 Å². The average molecular weight is 352 g/mol. The molecule has 2 aromatic heterocycles. The van der Waals surface area contributed by atoms with E-state index in [0.29, 0.717) is 28.4 Å². The zero-order valence-corrected chi connectivity index (χ0v) is 13.3. The van der Waals surface area contributed by atoms with Gasteiger partial charge in [-0.3, -0.25) is 10.1 Å². The van der Waals surface area contributed by atoms with E-state index in [1.54, 1.807) is 13.8 Å². The van der Waals surface area contributed by atoms with Gasteiger partial charge in [0.25, 0.3) is 15.7 Å². The highest BCUT2D eigenvalue weighted by atomic mass is 35.5. The van der Waals surface area contributed by atoms with Gasteiger partial charge in [0.2, 0.25) is 0 Å². The van der Waals surface area contributed by atoms with Crippen molar-refractivity contribution in [1.29, 1.82) is 0 Å². The van der Waals surface area contributed by atoms with Crippen LogP contribution in [0, 0.1) is 24.0 Å². The Kier molecular flexibility index (Phi) is 4.33. The molecule has 0 amide bonds. The lowest BCUT2D eigenvalue weighted by molar-refractivity contribution is -0.384. The number of aromatic nitrogens is 1. The SMILES string of the molecule is Cc1noc(C)c1CNS(=O)(=O)c1cc([N+](=O)[O-])c(Cl)s1. The van der Waals surface area contributed by atoms with Gasteiger partial charge in [0.15, 0.2) is 4.34 Å². The second kappa shape index (κ2) is 5.72. The van der Waals surface area contributed by atoms with Crippen molar-refractivity contribution in [2.75, 3.05) is 0 Å². The zero-order valence-electron chi connectivity index (χ0n) is 10.9. The van der Waals surface area contributed by atoms with E-state index < -0.39 is 20.6 Å². The predicted octanol–water partition coefficient (Wildman–Crippen LogP) is 2.39. The van der Waals surface area contributed by atoms with Crippen molar-refractivity contribution in [2.45, 2.75) is 24.6 Å². The molecule has 8 nitrogen and oxygen atoms in total. The molecule has 0 aliphatic carbocycles. The molecule has 0 aromatic carbocycles. The number of halogens is 1. The molecule has 0 aliphatic heterocycles. The van der Waals surface area contributed by atoms with Crippen LogP contribution in [-0.2, 0) is 16.6 Å². The third-order valence-corrected chi connectivity index (χ3v) is 5.94. The largest absolute Gasteiger partial charge is 0.361 e. The molecule has 0 fully saturated rings. The van der Waals surface area contributed by atoms with Crippen LogP contribution >= 0.6 is 22.9 Å². The molecule has 2 aromatic rings. The van der Waals surface area contributed by atoms with Crippen LogP contribution in [0.15, 0.2) is 14.8 Å². The summed E-state index contributed by atoms with van der Waals surface area (Å²) < 4.78 is 31.1. The molecule has 2 rings (SSSR count). The van der Waals surface area contributed by atoms with E-state index in [1.807, 2.05) is 0 Å². The van der Waals surface area contributed by atoms with Gasteiger partial charge in [0.05, 0.1) is 10.6 Å². The van der Waals surface area contributed by atoms with Crippen LogP contribution in [0.2, 0.25) is 4.34 Å². The van der Waals surface area contributed by atoms with Gasteiger partial charge in [-0.25, -0.2) is 13.1 Å². The van der Waals surface area contributed by atoms with E-state index in [0.717, 1.165) is 6.07 Å². The highest BCUT2D eigenvalue weighted by molar-refractivity contribution is 7.91. The van der Waals surface area contributed by atoms with Gasteiger partial charge >= 0.3 is 0 Å². The monoisotopic (exact) mass is 351 g/mol. The van der Waals surface area contributed by atoms with Gasteiger partial charge in [-0.1, -0.05) is 16.8 Å². The van der Waals surface area contributed by atoms with Crippen molar-refractivity contribution in [1.82, 2.24) is 9.88 Å². The topological polar surface area (TPSA) is 115 Å². The van der Waals surface area contributed by atoms with Crippen molar-refractivity contribution < 1.29 is 17.9 Å². The molecular formula is C10H10ClN3O5S2. The summed E-state index contributed by atoms with van der Waals surface area (Å²) in [6.45, 7) is 3.33. The summed E-state index contributed by atoms with van der Waals surface area (Å²) in [5.74, 6) is 0.505. The van der Waals surface area contributed by atoms with Crippen LogP contribution in [0.25, 0.3) is 0 Å². The minimum atomic E-state index is -3.89. The van der Waals surface area contributed by atoms with E-state index in [2.05, 4.69) is 9.88 Å². The summed E-state index contributed by atoms with van der Waals surface area (Å²) in [6, 6.07) is 0.933. The summed E-state index contributed by atoms with van der Waals surface area (Å²) in [4.78, 5) is 9.96. The molecule has 0 bridgehead atoms. The van der Waals surface area contributed by atoms with Crippen molar-refractivity contribution >= 4 is 38.6 Å². The molecule has 11 heteroatoms. The molecule has 0 spiro atoms. The summed E-state index contributed by atoms with van der Waals surface area (Å²) in [7, 11) is -3.89. The lowest BCUT2D eigenvalue weighted by Crippen LogP contribution is -2.22. The molecule has 1 N–H and O–H groups in total. The smallest absolute Gasteiger partial charge is 0.300 e. The molecule has 0 atom stereocenters. The Labute approximate surface area is 128 Å². The third kappa shape index (κ3) is 3.23. The Hall–Kier alpha value is -1.49. The molecular weight excluding hydrogens is 342 g/mol. The lowest BCUT2D eigenvalue weighted by atomic mass is 10.2. The molecule has 0 saturated heterocycles. The average Bonchev–Trinajstić information content (AvgIpc) is 2.92. The second-order valence-corrected chi connectivity index (χ2v) is 7.76. The van der Waals surface area contributed by atoms with Crippen LogP contribution < -0.4 is 4.72 Å². The Morgan fingerprint density at radius 2 is 2.19 bits per heavy atom. The number of hydrogen-bond donors (Lipinski definition) is 1. The minimum Gasteiger partial charge on any atom is -0.361 e. The molecule has 0 aliphatic rings. The van der Waals surface area contributed by atoms with Crippen molar-refractivity contribution in [3.05, 3.63) is 37.5 Å². The van der Waals surface area contributed by atoms with E-state index in [9.17, 15) is 18.5 Å². The fraction of sp³-hybridized carbons (Fsp3) is 0.300. The Morgan fingerprint density at radius 3 is 2.67 bits per heavy atom. The predicted molar refractivity (Wildman–Crippen MR) is 76.0 cm³/mol. The van der Waals surface area contributed by atoms with Gasteiger partial charge in [-0.05, 0) is 13.8 Å². The number of rotatable bonds is 5. The first-order valence-electron chi connectivity index (χ1n) is 5.57. The van der Waals surface area contributed by atoms with E-state index in [1.165, 1.54) is 0 Å². The fourth-order valence-corrected chi connectivity index (χ4v) is 4.29. The number of nitrogens with one attached hydrogen (secondary N) is 1. The maximum absolute atomic E-state index is 12.1. The number of hydrogen-bond acceptors (Lipinski definition) is 7. The number of nitrogens with zero attached hydrogens (tertiary/aromatic N) is 2. The molecule has 2 heterocycles. The van der Waals surface area contributed by atoms with Crippen molar-refractivity contribution in [3.8, 4) is 0 Å². The maximum atomic E-state index is 12.1. The van der Waals surface area contributed by atoms with Crippen LogP contribution in [0.4, 0.5) is 5.69 Å². The van der Waals surface area contributed by atoms with E-state index >= 15 is 0 Å². The fourth-order valence-electron chi connectivity index (χ4n) is 1.59. The first kappa shape index (κ1) is 15.9. The van der Waals surface area contributed by atoms with Gasteiger partial charge in [-0.2, -0.15) is 0 Å². The summed E-state index contributed by atoms with van der Waals surface area (Å²) in [5, 5.41) is 14.4. The molecule has 0 saturated carbocycles.